The second kappa shape index (κ2) is 6.66. The van der Waals surface area contributed by atoms with Crippen LogP contribution in [-0.4, -0.2) is 46.1 Å². The number of imidazole rings is 1. The van der Waals surface area contributed by atoms with Gasteiger partial charge < -0.3 is 14.8 Å². The summed E-state index contributed by atoms with van der Waals surface area (Å²) in [5.74, 6) is -0.0499. The van der Waals surface area contributed by atoms with Crippen molar-refractivity contribution >= 4 is 12.0 Å². The second-order valence-corrected chi connectivity index (χ2v) is 5.43. The summed E-state index contributed by atoms with van der Waals surface area (Å²) < 4.78 is 5.13. The molecule has 0 spiro atoms. The van der Waals surface area contributed by atoms with E-state index in [4.69, 9.17) is 4.74 Å². The number of aliphatic carboxylic acids is 1. The van der Waals surface area contributed by atoms with Crippen molar-refractivity contribution in [3.63, 3.8) is 0 Å². The van der Waals surface area contributed by atoms with E-state index in [1.54, 1.807) is 13.4 Å². The zero-order valence-corrected chi connectivity index (χ0v) is 12.9. The Balaban J connectivity index is 1.69. The molecular weight excluding hydrogens is 294 g/mol. The van der Waals surface area contributed by atoms with E-state index >= 15 is 0 Å². The van der Waals surface area contributed by atoms with Gasteiger partial charge in [-0.3, -0.25) is 9.69 Å². The van der Waals surface area contributed by atoms with Crippen molar-refractivity contribution in [1.29, 1.82) is 0 Å². The number of benzene rings is 1. The van der Waals surface area contributed by atoms with Crippen molar-refractivity contribution in [2.75, 3.05) is 20.2 Å². The van der Waals surface area contributed by atoms with E-state index in [0.29, 0.717) is 18.8 Å². The molecule has 2 aromatic rings. The van der Waals surface area contributed by atoms with Crippen molar-refractivity contribution in [3.05, 3.63) is 53.6 Å². The van der Waals surface area contributed by atoms with Gasteiger partial charge in [-0.2, -0.15) is 0 Å². The topological polar surface area (TPSA) is 78.5 Å². The van der Waals surface area contributed by atoms with Gasteiger partial charge in [-0.05, 0) is 17.7 Å². The van der Waals surface area contributed by atoms with E-state index in [-0.39, 0.29) is 0 Å². The van der Waals surface area contributed by atoms with Crippen LogP contribution >= 0.6 is 0 Å². The van der Waals surface area contributed by atoms with Gasteiger partial charge in [0.15, 0.2) is 6.04 Å². The number of rotatable bonds is 5. The zero-order chi connectivity index (χ0) is 16.2. The SMILES string of the molecule is COc1ccc(/C=C/CN2CCc3[nH]cnc3C2C(=O)O)cc1. The Kier molecular flexibility index (Phi) is 4.43. The van der Waals surface area contributed by atoms with Crippen LogP contribution in [0.3, 0.4) is 0 Å². The van der Waals surface area contributed by atoms with Gasteiger partial charge in [0, 0.05) is 25.2 Å². The van der Waals surface area contributed by atoms with Crippen LogP contribution < -0.4 is 4.74 Å². The lowest BCUT2D eigenvalue weighted by atomic mass is 10.0. The molecule has 23 heavy (non-hydrogen) atoms. The molecule has 0 radical (unpaired) electrons. The molecule has 0 fully saturated rings. The lowest BCUT2D eigenvalue weighted by Crippen LogP contribution is -2.39. The summed E-state index contributed by atoms with van der Waals surface area (Å²) in [6, 6.07) is 7.04. The number of aromatic nitrogens is 2. The van der Waals surface area contributed by atoms with E-state index in [9.17, 15) is 9.90 Å². The molecule has 2 heterocycles. The van der Waals surface area contributed by atoms with Gasteiger partial charge in [-0.1, -0.05) is 24.3 Å². The Labute approximate surface area is 134 Å². The summed E-state index contributed by atoms with van der Waals surface area (Å²) in [5.41, 5.74) is 2.60. The van der Waals surface area contributed by atoms with Crippen molar-refractivity contribution in [2.45, 2.75) is 12.5 Å². The number of nitrogens with zero attached hydrogens (tertiary/aromatic N) is 2. The molecular formula is C17H19N3O3. The summed E-state index contributed by atoms with van der Waals surface area (Å²) in [6.45, 7) is 1.26. The molecule has 1 aliphatic heterocycles. The summed E-state index contributed by atoms with van der Waals surface area (Å²) >= 11 is 0. The lowest BCUT2D eigenvalue weighted by molar-refractivity contribution is -0.143. The molecule has 3 rings (SSSR count). The number of nitrogens with one attached hydrogen (secondary N) is 1. The standard InChI is InChI=1S/C17H19N3O3/c1-23-13-6-4-12(5-7-13)3-2-9-20-10-8-14-15(19-11-18-14)16(20)17(21)22/h2-7,11,16H,8-10H2,1H3,(H,18,19)(H,21,22)/b3-2+. The molecule has 6 heteroatoms. The highest BCUT2D eigenvalue weighted by molar-refractivity contribution is 5.75. The Morgan fingerprint density at radius 2 is 2.26 bits per heavy atom. The molecule has 1 atom stereocenters. The summed E-state index contributed by atoms with van der Waals surface area (Å²) in [5, 5.41) is 9.51. The van der Waals surface area contributed by atoms with E-state index in [2.05, 4.69) is 9.97 Å². The second-order valence-electron chi connectivity index (χ2n) is 5.43. The van der Waals surface area contributed by atoms with Crippen LogP contribution in [0.4, 0.5) is 0 Å². The number of carbonyl (C=O) groups is 1. The van der Waals surface area contributed by atoms with Crippen molar-refractivity contribution in [1.82, 2.24) is 14.9 Å². The summed E-state index contributed by atoms with van der Waals surface area (Å²) in [6.07, 6.45) is 6.32. The van der Waals surface area contributed by atoms with Crippen molar-refractivity contribution in [3.8, 4) is 5.75 Å². The van der Waals surface area contributed by atoms with Crippen LogP contribution in [0.2, 0.25) is 0 Å². The number of carboxylic acid groups (broad SMARTS) is 1. The fourth-order valence-electron chi connectivity index (χ4n) is 2.83. The van der Waals surface area contributed by atoms with Gasteiger partial charge in [0.25, 0.3) is 0 Å². The number of methoxy groups -OCH3 is 1. The highest BCUT2D eigenvalue weighted by Gasteiger charge is 2.34. The van der Waals surface area contributed by atoms with E-state index in [0.717, 1.165) is 23.4 Å². The average molecular weight is 313 g/mol. The molecule has 6 nitrogen and oxygen atoms in total. The molecule has 1 aliphatic rings. The smallest absolute Gasteiger partial charge is 0.327 e. The molecule has 0 saturated carbocycles. The minimum absolute atomic E-state index is 0.565. The third-order valence-electron chi connectivity index (χ3n) is 4.02. The Morgan fingerprint density at radius 3 is 2.96 bits per heavy atom. The molecule has 1 aromatic carbocycles. The molecule has 0 amide bonds. The number of H-pyrrole nitrogens is 1. The van der Waals surface area contributed by atoms with Crippen LogP contribution in [0.15, 0.2) is 36.7 Å². The van der Waals surface area contributed by atoms with Crippen LogP contribution in [0.5, 0.6) is 5.75 Å². The van der Waals surface area contributed by atoms with Gasteiger partial charge in [0.05, 0.1) is 19.1 Å². The van der Waals surface area contributed by atoms with Crippen LogP contribution in [-0.2, 0) is 11.2 Å². The lowest BCUT2D eigenvalue weighted by Gasteiger charge is -2.31. The normalized spacial score (nSPS) is 18.0. The average Bonchev–Trinajstić information content (AvgIpc) is 3.03. The Bertz CT molecular complexity index is 706. The number of carboxylic acids is 1. The molecule has 0 bridgehead atoms. The maximum Gasteiger partial charge on any atom is 0.327 e. The molecule has 2 N–H and O–H groups in total. The zero-order valence-electron chi connectivity index (χ0n) is 12.9. The molecule has 120 valence electrons. The quantitative estimate of drug-likeness (QED) is 0.884. The highest BCUT2D eigenvalue weighted by atomic mass is 16.5. The number of hydrogen-bond acceptors (Lipinski definition) is 4. The van der Waals surface area contributed by atoms with Crippen LogP contribution in [0.1, 0.15) is 23.0 Å². The minimum Gasteiger partial charge on any atom is -0.497 e. The molecule has 1 unspecified atom stereocenters. The third-order valence-corrected chi connectivity index (χ3v) is 4.02. The molecule has 0 aliphatic carbocycles. The van der Waals surface area contributed by atoms with Gasteiger partial charge in [0.1, 0.15) is 5.75 Å². The fourth-order valence-corrected chi connectivity index (χ4v) is 2.83. The van der Waals surface area contributed by atoms with E-state index in [1.807, 2.05) is 41.3 Å². The first-order valence-electron chi connectivity index (χ1n) is 7.48. The first-order chi connectivity index (χ1) is 11.2. The predicted molar refractivity (Wildman–Crippen MR) is 86.3 cm³/mol. The number of fused-ring (bicyclic) bond motifs is 1. The van der Waals surface area contributed by atoms with Gasteiger partial charge >= 0.3 is 5.97 Å². The molecule has 0 saturated heterocycles. The summed E-state index contributed by atoms with van der Waals surface area (Å²) in [4.78, 5) is 20.7. The monoisotopic (exact) mass is 313 g/mol. The van der Waals surface area contributed by atoms with Crippen molar-refractivity contribution < 1.29 is 14.6 Å². The Morgan fingerprint density at radius 1 is 1.48 bits per heavy atom. The summed E-state index contributed by atoms with van der Waals surface area (Å²) in [7, 11) is 1.64. The largest absolute Gasteiger partial charge is 0.497 e. The Hall–Kier alpha value is -2.60. The first kappa shape index (κ1) is 15.3. The van der Waals surface area contributed by atoms with Crippen LogP contribution in [0.25, 0.3) is 6.08 Å². The molecule has 1 aromatic heterocycles. The fraction of sp³-hybridized carbons (Fsp3) is 0.294. The third kappa shape index (κ3) is 3.27. The number of aromatic amines is 1. The maximum atomic E-state index is 11.6. The minimum atomic E-state index is -0.865. The van der Waals surface area contributed by atoms with Crippen LogP contribution in [0, 0.1) is 0 Å². The predicted octanol–water partition coefficient (Wildman–Crippen LogP) is 2.12. The maximum absolute atomic E-state index is 11.6. The van der Waals surface area contributed by atoms with E-state index < -0.39 is 12.0 Å². The van der Waals surface area contributed by atoms with E-state index in [1.165, 1.54) is 0 Å². The highest BCUT2D eigenvalue weighted by Crippen LogP contribution is 2.27. The number of hydrogen-bond donors (Lipinski definition) is 2. The first-order valence-corrected chi connectivity index (χ1v) is 7.48. The van der Waals surface area contributed by atoms with Gasteiger partial charge in [0.2, 0.25) is 0 Å². The van der Waals surface area contributed by atoms with Gasteiger partial charge in [-0.15, -0.1) is 0 Å². The van der Waals surface area contributed by atoms with Gasteiger partial charge in [-0.25, -0.2) is 4.98 Å². The van der Waals surface area contributed by atoms with Crippen molar-refractivity contribution in [2.24, 2.45) is 0 Å². The number of ether oxygens (including phenoxy) is 1.